The molecule has 106 valence electrons. The largest absolute Gasteiger partial charge is 0.463 e. The maximum absolute atomic E-state index is 5.16. The van der Waals surface area contributed by atoms with Gasteiger partial charge in [0.15, 0.2) is 5.82 Å². The third-order valence-corrected chi connectivity index (χ3v) is 2.47. The Labute approximate surface area is 117 Å². The molecule has 0 saturated carbocycles. The number of nitrogens with one attached hydrogen (secondary N) is 1. The van der Waals surface area contributed by atoms with Crippen LogP contribution in [-0.2, 0) is 0 Å². The molecule has 7 nitrogen and oxygen atoms in total. The van der Waals surface area contributed by atoms with Gasteiger partial charge in [-0.15, -0.1) is 0 Å². The lowest BCUT2D eigenvalue weighted by Gasteiger charge is -2.16. The average molecular weight is 274 g/mol. The topological polar surface area (TPSA) is 69.8 Å². The summed E-state index contributed by atoms with van der Waals surface area (Å²) in [4.78, 5) is 12.5. The number of hydrogen-bond acceptors (Lipinski definition) is 7. The molecule has 0 amide bonds. The van der Waals surface area contributed by atoms with Crippen LogP contribution in [0.25, 0.3) is 0 Å². The SMILES string of the molecule is CN(C)c1cc(N/N=C/c2ccco2)nc(N(C)C)n1. The molecule has 0 aliphatic heterocycles. The number of hydrogen-bond donors (Lipinski definition) is 1. The molecule has 0 aromatic carbocycles. The molecule has 0 atom stereocenters. The van der Waals surface area contributed by atoms with Gasteiger partial charge in [-0.25, -0.2) is 0 Å². The summed E-state index contributed by atoms with van der Waals surface area (Å²) in [5.41, 5.74) is 2.88. The lowest BCUT2D eigenvalue weighted by Crippen LogP contribution is -2.17. The van der Waals surface area contributed by atoms with Gasteiger partial charge >= 0.3 is 0 Å². The fraction of sp³-hybridized carbons (Fsp3) is 0.308. The first-order valence-electron chi connectivity index (χ1n) is 6.12. The number of furan rings is 1. The summed E-state index contributed by atoms with van der Waals surface area (Å²) in [5, 5.41) is 4.09. The first kappa shape index (κ1) is 13.9. The van der Waals surface area contributed by atoms with E-state index in [1.807, 2.05) is 50.1 Å². The molecule has 0 aliphatic carbocycles. The second kappa shape index (κ2) is 6.05. The number of rotatable bonds is 5. The Hall–Kier alpha value is -2.57. The van der Waals surface area contributed by atoms with Gasteiger partial charge in [0, 0.05) is 34.3 Å². The molecular formula is C13H18N6O. The van der Waals surface area contributed by atoms with Gasteiger partial charge in [0.05, 0.1) is 12.5 Å². The van der Waals surface area contributed by atoms with Crippen LogP contribution in [0.2, 0.25) is 0 Å². The summed E-state index contributed by atoms with van der Waals surface area (Å²) in [6, 6.07) is 5.45. The lowest BCUT2D eigenvalue weighted by molar-refractivity contribution is 0.560. The summed E-state index contributed by atoms with van der Waals surface area (Å²) in [7, 11) is 7.64. The van der Waals surface area contributed by atoms with Gasteiger partial charge in [0.25, 0.3) is 0 Å². The molecule has 7 heteroatoms. The van der Waals surface area contributed by atoms with E-state index >= 15 is 0 Å². The molecule has 2 heterocycles. The third-order valence-electron chi connectivity index (χ3n) is 2.47. The quantitative estimate of drug-likeness (QED) is 0.660. The van der Waals surface area contributed by atoms with E-state index < -0.39 is 0 Å². The van der Waals surface area contributed by atoms with Crippen molar-refractivity contribution in [2.24, 2.45) is 5.10 Å². The molecule has 0 radical (unpaired) electrons. The van der Waals surface area contributed by atoms with E-state index in [0.29, 0.717) is 17.5 Å². The van der Waals surface area contributed by atoms with Crippen molar-refractivity contribution in [2.45, 2.75) is 0 Å². The third kappa shape index (κ3) is 3.47. The van der Waals surface area contributed by atoms with E-state index in [1.54, 1.807) is 18.5 Å². The van der Waals surface area contributed by atoms with Gasteiger partial charge in [-0.3, -0.25) is 5.43 Å². The van der Waals surface area contributed by atoms with Crippen molar-refractivity contribution in [1.82, 2.24) is 9.97 Å². The highest BCUT2D eigenvalue weighted by molar-refractivity contribution is 5.76. The van der Waals surface area contributed by atoms with Gasteiger partial charge in [-0.2, -0.15) is 15.1 Å². The summed E-state index contributed by atoms with van der Waals surface area (Å²) >= 11 is 0. The Morgan fingerprint density at radius 1 is 1.20 bits per heavy atom. The molecule has 0 unspecified atom stereocenters. The Kier molecular flexibility index (Phi) is 4.19. The molecule has 2 rings (SSSR count). The minimum atomic E-state index is 0.617. The average Bonchev–Trinajstić information content (AvgIpc) is 2.91. The number of hydrazone groups is 1. The highest BCUT2D eigenvalue weighted by atomic mass is 16.3. The first-order chi connectivity index (χ1) is 9.56. The zero-order valence-electron chi connectivity index (χ0n) is 12.0. The van der Waals surface area contributed by atoms with Gasteiger partial charge in [0.1, 0.15) is 11.6 Å². The predicted octanol–water partition coefficient (Wildman–Crippen LogP) is 1.65. The van der Waals surface area contributed by atoms with Crippen molar-refractivity contribution in [3.05, 3.63) is 30.2 Å². The summed E-state index contributed by atoms with van der Waals surface area (Å²) in [6.07, 6.45) is 3.19. The highest BCUT2D eigenvalue weighted by Gasteiger charge is 2.07. The van der Waals surface area contributed by atoms with Crippen molar-refractivity contribution in [1.29, 1.82) is 0 Å². The minimum Gasteiger partial charge on any atom is -0.463 e. The Morgan fingerprint density at radius 2 is 2.00 bits per heavy atom. The van der Waals surface area contributed by atoms with Crippen LogP contribution in [0.15, 0.2) is 34.0 Å². The Bertz CT molecular complexity index is 550. The van der Waals surface area contributed by atoms with E-state index in [1.165, 1.54) is 0 Å². The second-order valence-electron chi connectivity index (χ2n) is 4.59. The van der Waals surface area contributed by atoms with Gasteiger partial charge in [-0.05, 0) is 12.1 Å². The summed E-state index contributed by atoms with van der Waals surface area (Å²) in [6.45, 7) is 0. The van der Waals surface area contributed by atoms with Crippen molar-refractivity contribution >= 4 is 23.8 Å². The van der Waals surface area contributed by atoms with Crippen LogP contribution in [0, 0.1) is 0 Å². The predicted molar refractivity (Wildman–Crippen MR) is 80.6 cm³/mol. The number of anilines is 3. The van der Waals surface area contributed by atoms with Crippen LogP contribution in [0.3, 0.4) is 0 Å². The zero-order valence-corrected chi connectivity index (χ0v) is 12.0. The van der Waals surface area contributed by atoms with E-state index in [2.05, 4.69) is 20.5 Å². The Morgan fingerprint density at radius 3 is 2.60 bits per heavy atom. The number of aromatic nitrogens is 2. The fourth-order valence-electron chi connectivity index (χ4n) is 1.44. The standard InChI is InChI=1S/C13H18N6O/c1-18(2)12-8-11(15-13(16-12)19(3)4)17-14-9-10-6-5-7-20-10/h5-9H,1-4H3,(H,15,16,17)/b14-9+. The fourth-order valence-corrected chi connectivity index (χ4v) is 1.44. The van der Waals surface area contributed by atoms with Crippen molar-refractivity contribution in [3.63, 3.8) is 0 Å². The molecule has 0 spiro atoms. The maximum Gasteiger partial charge on any atom is 0.228 e. The molecular weight excluding hydrogens is 256 g/mol. The smallest absolute Gasteiger partial charge is 0.228 e. The Balaban J connectivity index is 2.18. The van der Waals surface area contributed by atoms with Crippen LogP contribution < -0.4 is 15.2 Å². The minimum absolute atomic E-state index is 0.617. The molecule has 1 N–H and O–H groups in total. The molecule has 0 saturated heterocycles. The molecule has 0 aliphatic rings. The first-order valence-corrected chi connectivity index (χ1v) is 6.12. The molecule has 20 heavy (non-hydrogen) atoms. The van der Waals surface area contributed by atoms with Crippen LogP contribution in [0.4, 0.5) is 17.6 Å². The van der Waals surface area contributed by atoms with Crippen LogP contribution in [0.5, 0.6) is 0 Å². The lowest BCUT2D eigenvalue weighted by atomic mass is 10.5. The van der Waals surface area contributed by atoms with Crippen LogP contribution >= 0.6 is 0 Å². The van der Waals surface area contributed by atoms with Crippen LogP contribution in [-0.4, -0.2) is 44.4 Å². The number of nitrogens with zero attached hydrogens (tertiary/aromatic N) is 5. The van der Waals surface area contributed by atoms with Gasteiger partial charge < -0.3 is 14.2 Å². The van der Waals surface area contributed by atoms with E-state index in [-0.39, 0.29) is 0 Å². The molecule has 2 aromatic rings. The van der Waals surface area contributed by atoms with Crippen molar-refractivity contribution in [2.75, 3.05) is 43.4 Å². The van der Waals surface area contributed by atoms with Crippen molar-refractivity contribution in [3.8, 4) is 0 Å². The van der Waals surface area contributed by atoms with Crippen LogP contribution in [0.1, 0.15) is 5.76 Å². The second-order valence-corrected chi connectivity index (χ2v) is 4.59. The van der Waals surface area contributed by atoms with Crippen molar-refractivity contribution < 1.29 is 4.42 Å². The zero-order chi connectivity index (χ0) is 14.5. The molecule has 0 bridgehead atoms. The van der Waals surface area contributed by atoms with Gasteiger partial charge in [-0.1, -0.05) is 0 Å². The molecule has 2 aromatic heterocycles. The monoisotopic (exact) mass is 274 g/mol. The summed E-state index contributed by atoms with van der Waals surface area (Å²) in [5.74, 6) is 2.72. The van der Waals surface area contributed by atoms with E-state index in [9.17, 15) is 0 Å². The van der Waals surface area contributed by atoms with E-state index in [4.69, 9.17) is 4.42 Å². The molecule has 0 fully saturated rings. The maximum atomic E-state index is 5.16. The van der Waals surface area contributed by atoms with Gasteiger partial charge in [0.2, 0.25) is 5.95 Å². The normalized spacial score (nSPS) is 10.8. The highest BCUT2D eigenvalue weighted by Crippen LogP contribution is 2.17. The van der Waals surface area contributed by atoms with E-state index in [0.717, 1.165) is 5.82 Å². The summed E-state index contributed by atoms with van der Waals surface area (Å²) < 4.78 is 5.16.